The Labute approximate surface area is 183 Å². The van der Waals surface area contributed by atoms with Gasteiger partial charge in [-0.3, -0.25) is 4.90 Å². The smallest absolute Gasteiger partial charge is 0.0676 e. The molecule has 5 nitrogen and oxygen atoms in total. The highest BCUT2D eigenvalue weighted by Crippen LogP contribution is 2.47. The Kier molecular flexibility index (Phi) is 9.39. The number of unbranched alkanes of at least 4 members (excludes halogenated alkanes) is 1. The summed E-state index contributed by atoms with van der Waals surface area (Å²) in [5, 5.41) is 21.0. The summed E-state index contributed by atoms with van der Waals surface area (Å²) in [6, 6.07) is 0. The predicted octanol–water partition coefficient (Wildman–Crippen LogP) is 3.56. The molecule has 0 aromatic heterocycles. The summed E-state index contributed by atoms with van der Waals surface area (Å²) in [7, 11) is 0. The summed E-state index contributed by atoms with van der Waals surface area (Å²) in [6.45, 7) is 10.5. The number of hydrogen-bond donors (Lipinski definition) is 2. The van der Waals surface area contributed by atoms with Crippen LogP contribution < -0.4 is 0 Å². The molecule has 0 bridgehead atoms. The van der Waals surface area contributed by atoms with Gasteiger partial charge in [0.2, 0.25) is 0 Å². The number of aliphatic hydroxyl groups excluding tert-OH is 1. The molecule has 3 rings (SSSR count). The minimum atomic E-state index is -0.635. The summed E-state index contributed by atoms with van der Waals surface area (Å²) in [5.41, 5.74) is 0.764. The van der Waals surface area contributed by atoms with Gasteiger partial charge in [-0.05, 0) is 56.4 Å². The number of ether oxygens (including phenoxy) is 2. The maximum atomic E-state index is 10.5. The number of hydrogen-bond acceptors (Lipinski definition) is 5. The molecule has 1 saturated heterocycles. The Morgan fingerprint density at radius 3 is 2.87 bits per heavy atom. The van der Waals surface area contributed by atoms with Gasteiger partial charge in [-0.2, -0.15) is 0 Å². The second-order valence-corrected chi connectivity index (χ2v) is 9.83. The fourth-order valence-corrected chi connectivity index (χ4v) is 5.27. The van der Waals surface area contributed by atoms with E-state index in [0.717, 1.165) is 84.6 Å². The Hall–Kier alpha value is -0.720. The van der Waals surface area contributed by atoms with Gasteiger partial charge in [0.25, 0.3) is 0 Å². The topological polar surface area (TPSA) is 62.2 Å². The van der Waals surface area contributed by atoms with Gasteiger partial charge in [-0.1, -0.05) is 38.0 Å². The molecule has 3 aliphatic rings. The summed E-state index contributed by atoms with van der Waals surface area (Å²) in [6.07, 6.45) is 13.0. The highest BCUT2D eigenvalue weighted by Gasteiger charge is 2.43. The lowest BCUT2D eigenvalue weighted by molar-refractivity contribution is 0.0327. The number of nitrogens with zero attached hydrogens (tertiary/aromatic N) is 1. The Morgan fingerprint density at radius 2 is 2.10 bits per heavy atom. The molecule has 2 fully saturated rings. The molecule has 0 aromatic rings. The molecule has 30 heavy (non-hydrogen) atoms. The fraction of sp³-hybridized carbons (Fsp3) is 0.840. The van der Waals surface area contributed by atoms with Gasteiger partial charge in [0.15, 0.2) is 0 Å². The van der Waals surface area contributed by atoms with Crippen molar-refractivity contribution in [2.24, 2.45) is 17.8 Å². The van der Waals surface area contributed by atoms with Crippen molar-refractivity contribution in [2.75, 3.05) is 46.1 Å². The van der Waals surface area contributed by atoms with E-state index in [0.29, 0.717) is 18.3 Å². The Morgan fingerprint density at radius 1 is 1.30 bits per heavy atom. The second kappa shape index (κ2) is 11.8. The first-order valence-corrected chi connectivity index (χ1v) is 12.1. The molecule has 2 N–H and O–H groups in total. The standard InChI is InChI=1S/C25H43NO4/c1-3-4-8-25(2,28)9-5-7-22-23-17-20(16-21(23)18-24(22)27)19-30-13-6-10-26-11-14-29-15-12-26/h5,7,16,21-24,27-28H,3-4,6,8-15,17-19H2,1-2H3/t21-,22+,23-,24+,25-/m0/s1. The van der Waals surface area contributed by atoms with E-state index >= 15 is 0 Å². The number of fused-ring (bicyclic) bond motifs is 1. The van der Waals surface area contributed by atoms with Crippen LogP contribution in [0.1, 0.15) is 58.8 Å². The van der Waals surface area contributed by atoms with Crippen LogP contribution in [0.2, 0.25) is 0 Å². The number of rotatable bonds is 12. The molecule has 0 spiro atoms. The molecule has 2 aliphatic carbocycles. The van der Waals surface area contributed by atoms with Gasteiger partial charge in [-0.15, -0.1) is 0 Å². The molecule has 172 valence electrons. The normalized spacial score (nSPS) is 31.8. The van der Waals surface area contributed by atoms with E-state index in [9.17, 15) is 10.2 Å². The summed E-state index contributed by atoms with van der Waals surface area (Å²) >= 11 is 0. The number of morpholine rings is 1. The van der Waals surface area contributed by atoms with Gasteiger partial charge >= 0.3 is 0 Å². The number of aliphatic hydroxyl groups is 2. The molecule has 1 saturated carbocycles. The second-order valence-electron chi connectivity index (χ2n) is 9.83. The first kappa shape index (κ1) is 23.9. The van der Waals surface area contributed by atoms with E-state index in [1.54, 1.807) is 0 Å². The molecule has 1 heterocycles. The maximum absolute atomic E-state index is 10.5. The van der Waals surface area contributed by atoms with E-state index in [2.05, 4.69) is 30.1 Å². The Balaban J connectivity index is 1.36. The zero-order valence-electron chi connectivity index (χ0n) is 19.1. The molecular weight excluding hydrogens is 378 g/mol. The van der Waals surface area contributed by atoms with Crippen LogP contribution in [0.25, 0.3) is 0 Å². The molecule has 1 aliphatic heterocycles. The van der Waals surface area contributed by atoms with Gasteiger partial charge in [0.1, 0.15) is 0 Å². The van der Waals surface area contributed by atoms with Crippen molar-refractivity contribution in [3.8, 4) is 0 Å². The van der Waals surface area contributed by atoms with Crippen LogP contribution in [0.15, 0.2) is 23.8 Å². The van der Waals surface area contributed by atoms with Gasteiger partial charge < -0.3 is 19.7 Å². The number of allylic oxidation sites excluding steroid dienone is 1. The lowest BCUT2D eigenvalue weighted by Gasteiger charge is -2.26. The van der Waals surface area contributed by atoms with Crippen molar-refractivity contribution in [1.29, 1.82) is 0 Å². The van der Waals surface area contributed by atoms with E-state index in [1.165, 1.54) is 5.57 Å². The molecule has 5 heteroatoms. The zero-order chi connectivity index (χ0) is 21.4. The molecule has 0 amide bonds. The average molecular weight is 422 g/mol. The van der Waals surface area contributed by atoms with Crippen LogP contribution >= 0.6 is 0 Å². The van der Waals surface area contributed by atoms with Gasteiger partial charge in [0, 0.05) is 32.2 Å². The van der Waals surface area contributed by atoms with E-state index < -0.39 is 5.60 Å². The van der Waals surface area contributed by atoms with Crippen molar-refractivity contribution in [2.45, 2.75) is 70.5 Å². The summed E-state index contributed by atoms with van der Waals surface area (Å²) in [4.78, 5) is 2.45. The van der Waals surface area contributed by atoms with Crippen LogP contribution in [0.3, 0.4) is 0 Å². The van der Waals surface area contributed by atoms with Gasteiger partial charge in [-0.25, -0.2) is 0 Å². The van der Waals surface area contributed by atoms with Crippen LogP contribution in [-0.2, 0) is 9.47 Å². The lowest BCUT2D eigenvalue weighted by atomic mass is 9.88. The molecule has 0 unspecified atom stereocenters. The van der Waals surface area contributed by atoms with Crippen molar-refractivity contribution in [1.82, 2.24) is 4.90 Å². The predicted molar refractivity (Wildman–Crippen MR) is 120 cm³/mol. The van der Waals surface area contributed by atoms with Crippen molar-refractivity contribution < 1.29 is 19.7 Å². The molecule has 0 radical (unpaired) electrons. The molecule has 0 aromatic carbocycles. The van der Waals surface area contributed by atoms with Crippen molar-refractivity contribution in [3.63, 3.8) is 0 Å². The zero-order valence-corrected chi connectivity index (χ0v) is 19.1. The third-order valence-electron chi connectivity index (χ3n) is 7.09. The first-order valence-electron chi connectivity index (χ1n) is 12.1. The SMILES string of the molecule is CCCC[C@](C)(O)CC=C[C@@H]1[C@H]2CC(COCCCN3CCOCC3)=C[C@H]2C[C@H]1O. The quantitative estimate of drug-likeness (QED) is 0.373. The monoisotopic (exact) mass is 421 g/mol. The minimum absolute atomic E-state index is 0.201. The highest BCUT2D eigenvalue weighted by molar-refractivity contribution is 5.21. The first-order chi connectivity index (χ1) is 14.5. The maximum Gasteiger partial charge on any atom is 0.0676 e. The van der Waals surface area contributed by atoms with Crippen LogP contribution in [0.5, 0.6) is 0 Å². The van der Waals surface area contributed by atoms with Gasteiger partial charge in [0.05, 0.1) is 31.5 Å². The summed E-state index contributed by atoms with van der Waals surface area (Å²) < 4.78 is 11.3. The van der Waals surface area contributed by atoms with Crippen LogP contribution in [0, 0.1) is 17.8 Å². The lowest BCUT2D eigenvalue weighted by Crippen LogP contribution is -2.37. The fourth-order valence-electron chi connectivity index (χ4n) is 5.27. The Bertz CT molecular complexity index is 567. The average Bonchev–Trinajstić information content (AvgIpc) is 3.24. The highest BCUT2D eigenvalue weighted by atomic mass is 16.5. The largest absolute Gasteiger partial charge is 0.392 e. The van der Waals surface area contributed by atoms with E-state index in [-0.39, 0.29) is 12.0 Å². The third kappa shape index (κ3) is 7.16. The van der Waals surface area contributed by atoms with Crippen LogP contribution in [0.4, 0.5) is 0 Å². The molecular formula is C25H43NO4. The van der Waals surface area contributed by atoms with E-state index in [1.807, 2.05) is 6.92 Å². The molecule has 5 atom stereocenters. The van der Waals surface area contributed by atoms with Crippen molar-refractivity contribution >= 4 is 0 Å². The van der Waals surface area contributed by atoms with E-state index in [4.69, 9.17) is 9.47 Å². The summed E-state index contributed by atoms with van der Waals surface area (Å²) in [5.74, 6) is 1.16. The minimum Gasteiger partial charge on any atom is -0.392 e. The third-order valence-corrected chi connectivity index (χ3v) is 7.09. The van der Waals surface area contributed by atoms with Crippen molar-refractivity contribution in [3.05, 3.63) is 23.8 Å². The van der Waals surface area contributed by atoms with Crippen LogP contribution in [-0.4, -0.2) is 72.9 Å².